The zero-order valence-electron chi connectivity index (χ0n) is 8.30. The number of halogens is 2. The lowest BCUT2D eigenvalue weighted by Crippen LogP contribution is -2.08. The smallest absolute Gasteiger partial charge is 0.280 e. The molecule has 0 aliphatic rings. The Hall–Kier alpha value is -1.54. The Balaban J connectivity index is 3.34. The lowest BCUT2D eigenvalue weighted by Gasteiger charge is -2.11. The molecule has 80 valence electrons. The van der Waals surface area contributed by atoms with E-state index in [2.05, 4.69) is 4.98 Å². The summed E-state index contributed by atoms with van der Waals surface area (Å²) >= 11 is 0. The van der Waals surface area contributed by atoms with Crippen molar-refractivity contribution in [2.45, 2.75) is 26.3 Å². The first-order valence-electron chi connectivity index (χ1n) is 4.44. The number of nitrogens with two attached hydrogens (primary N) is 1. The Kier molecular flexibility index (Phi) is 3.69. The Bertz CT molecular complexity index is 396. The van der Waals surface area contributed by atoms with E-state index in [-0.39, 0.29) is 24.2 Å². The number of nitrogens with zero attached hydrogens (tertiary/aromatic N) is 2. The summed E-state index contributed by atoms with van der Waals surface area (Å²) in [6.07, 6.45) is -2.75. The van der Waals surface area contributed by atoms with Gasteiger partial charge in [-0.15, -0.1) is 0 Å². The van der Waals surface area contributed by atoms with Crippen molar-refractivity contribution >= 4 is 0 Å². The lowest BCUT2D eigenvalue weighted by molar-refractivity contribution is 0.144. The topological polar surface area (TPSA) is 62.7 Å². The number of hydrogen-bond acceptors (Lipinski definition) is 3. The van der Waals surface area contributed by atoms with Crippen molar-refractivity contribution in [2.75, 3.05) is 0 Å². The molecule has 0 atom stereocenters. The van der Waals surface area contributed by atoms with Crippen molar-refractivity contribution in [1.82, 2.24) is 4.98 Å². The summed E-state index contributed by atoms with van der Waals surface area (Å²) in [7, 11) is 0. The SMILES string of the molecule is Cc1cc(CN)c(CC#N)c(C(F)F)n1. The average molecular weight is 211 g/mol. The second-order valence-corrected chi connectivity index (χ2v) is 3.13. The van der Waals surface area contributed by atoms with E-state index in [0.717, 1.165) is 0 Å². The Morgan fingerprint density at radius 3 is 2.73 bits per heavy atom. The third-order valence-corrected chi connectivity index (χ3v) is 2.06. The van der Waals surface area contributed by atoms with Gasteiger partial charge < -0.3 is 5.73 Å². The van der Waals surface area contributed by atoms with E-state index in [0.29, 0.717) is 11.3 Å². The molecule has 15 heavy (non-hydrogen) atoms. The third-order valence-electron chi connectivity index (χ3n) is 2.06. The number of nitriles is 1. The van der Waals surface area contributed by atoms with Crippen LogP contribution in [0.25, 0.3) is 0 Å². The number of alkyl halides is 2. The summed E-state index contributed by atoms with van der Waals surface area (Å²) in [5.41, 5.74) is 6.44. The van der Waals surface area contributed by atoms with Crippen LogP contribution in [0.4, 0.5) is 8.78 Å². The highest BCUT2D eigenvalue weighted by atomic mass is 19.3. The van der Waals surface area contributed by atoms with E-state index in [1.165, 1.54) is 0 Å². The van der Waals surface area contributed by atoms with Crippen molar-refractivity contribution in [3.05, 3.63) is 28.6 Å². The molecule has 0 aromatic carbocycles. The van der Waals surface area contributed by atoms with Crippen LogP contribution in [0, 0.1) is 18.3 Å². The first-order chi connectivity index (χ1) is 7.10. The minimum absolute atomic E-state index is 0.0838. The zero-order chi connectivity index (χ0) is 11.4. The van der Waals surface area contributed by atoms with E-state index >= 15 is 0 Å². The third kappa shape index (κ3) is 2.48. The maximum Gasteiger partial charge on any atom is 0.280 e. The fraction of sp³-hybridized carbons (Fsp3) is 0.400. The molecule has 0 aliphatic carbocycles. The van der Waals surface area contributed by atoms with Gasteiger partial charge in [-0.3, -0.25) is 4.98 Å². The predicted octanol–water partition coefficient (Wildman–Crippen LogP) is 1.85. The van der Waals surface area contributed by atoms with Gasteiger partial charge in [0.2, 0.25) is 0 Å². The standard InChI is InChI=1S/C10H11F2N3/c1-6-4-7(5-14)8(2-3-13)9(15-6)10(11)12/h4,10H,2,5,14H2,1H3. The molecule has 0 saturated heterocycles. The van der Waals surface area contributed by atoms with Crippen LogP contribution in [-0.2, 0) is 13.0 Å². The van der Waals surface area contributed by atoms with E-state index in [1.807, 2.05) is 6.07 Å². The Labute approximate surface area is 86.5 Å². The minimum atomic E-state index is -2.67. The van der Waals surface area contributed by atoms with Crippen molar-refractivity contribution < 1.29 is 8.78 Å². The van der Waals surface area contributed by atoms with Gasteiger partial charge in [0.25, 0.3) is 6.43 Å². The average Bonchev–Trinajstić information content (AvgIpc) is 2.19. The summed E-state index contributed by atoms with van der Waals surface area (Å²) in [6.45, 7) is 1.77. The minimum Gasteiger partial charge on any atom is -0.326 e. The highest BCUT2D eigenvalue weighted by Gasteiger charge is 2.18. The van der Waals surface area contributed by atoms with Gasteiger partial charge in [0.1, 0.15) is 5.69 Å². The molecule has 0 bridgehead atoms. The fourth-order valence-corrected chi connectivity index (χ4v) is 1.44. The van der Waals surface area contributed by atoms with Gasteiger partial charge in [-0.2, -0.15) is 5.26 Å². The van der Waals surface area contributed by atoms with Crippen molar-refractivity contribution in [3.63, 3.8) is 0 Å². The normalized spacial score (nSPS) is 10.4. The lowest BCUT2D eigenvalue weighted by atomic mass is 10.0. The van der Waals surface area contributed by atoms with Gasteiger partial charge in [-0.1, -0.05) is 0 Å². The van der Waals surface area contributed by atoms with Gasteiger partial charge in [-0.05, 0) is 24.1 Å². The predicted molar refractivity (Wildman–Crippen MR) is 51.1 cm³/mol. The van der Waals surface area contributed by atoms with Gasteiger partial charge in [0, 0.05) is 12.2 Å². The van der Waals surface area contributed by atoms with Gasteiger partial charge in [0.15, 0.2) is 0 Å². The van der Waals surface area contributed by atoms with Crippen molar-refractivity contribution in [1.29, 1.82) is 5.26 Å². The fourth-order valence-electron chi connectivity index (χ4n) is 1.44. The first kappa shape index (κ1) is 11.5. The highest BCUT2D eigenvalue weighted by Crippen LogP contribution is 2.24. The molecule has 0 unspecified atom stereocenters. The second kappa shape index (κ2) is 4.80. The van der Waals surface area contributed by atoms with Gasteiger partial charge in [0.05, 0.1) is 12.5 Å². The number of rotatable bonds is 3. The van der Waals surface area contributed by atoms with Gasteiger partial charge in [-0.25, -0.2) is 8.78 Å². The molecule has 0 aliphatic heterocycles. The summed E-state index contributed by atoms with van der Waals surface area (Å²) in [6, 6.07) is 3.48. The Morgan fingerprint density at radius 1 is 1.60 bits per heavy atom. The summed E-state index contributed by atoms with van der Waals surface area (Å²) in [4.78, 5) is 3.74. The van der Waals surface area contributed by atoms with Crippen LogP contribution < -0.4 is 5.73 Å². The number of pyridine rings is 1. The summed E-state index contributed by atoms with van der Waals surface area (Å²) in [5, 5.41) is 8.55. The van der Waals surface area contributed by atoms with Crippen LogP contribution in [0.2, 0.25) is 0 Å². The van der Waals surface area contributed by atoms with Crippen molar-refractivity contribution in [3.8, 4) is 6.07 Å². The van der Waals surface area contributed by atoms with Crippen molar-refractivity contribution in [2.24, 2.45) is 5.73 Å². The first-order valence-corrected chi connectivity index (χ1v) is 4.44. The van der Waals surface area contributed by atoms with Crippen LogP contribution in [0.3, 0.4) is 0 Å². The van der Waals surface area contributed by atoms with Crippen LogP contribution >= 0.6 is 0 Å². The molecule has 1 aromatic heterocycles. The zero-order valence-corrected chi connectivity index (χ0v) is 8.30. The molecule has 0 fully saturated rings. The molecule has 1 aromatic rings. The van der Waals surface area contributed by atoms with E-state index in [1.54, 1.807) is 13.0 Å². The maximum absolute atomic E-state index is 12.6. The molecule has 0 spiro atoms. The van der Waals surface area contributed by atoms with Crippen LogP contribution in [0.5, 0.6) is 0 Å². The molecule has 5 heteroatoms. The van der Waals surface area contributed by atoms with E-state index < -0.39 is 6.43 Å². The quantitative estimate of drug-likeness (QED) is 0.829. The molecule has 0 saturated carbocycles. The number of aromatic nitrogens is 1. The molecule has 1 rings (SSSR count). The maximum atomic E-state index is 12.6. The molecule has 1 heterocycles. The number of aryl methyl sites for hydroxylation is 1. The van der Waals surface area contributed by atoms with Crippen LogP contribution in [0.1, 0.15) is 28.9 Å². The van der Waals surface area contributed by atoms with Crippen LogP contribution in [-0.4, -0.2) is 4.98 Å². The van der Waals surface area contributed by atoms with Gasteiger partial charge >= 0.3 is 0 Å². The van der Waals surface area contributed by atoms with Crippen LogP contribution in [0.15, 0.2) is 6.07 Å². The molecular weight excluding hydrogens is 200 g/mol. The van der Waals surface area contributed by atoms with E-state index in [9.17, 15) is 8.78 Å². The van der Waals surface area contributed by atoms with E-state index in [4.69, 9.17) is 11.0 Å². The Morgan fingerprint density at radius 2 is 2.27 bits per heavy atom. The molecule has 0 amide bonds. The monoisotopic (exact) mass is 211 g/mol. The largest absolute Gasteiger partial charge is 0.326 e. The second-order valence-electron chi connectivity index (χ2n) is 3.13. The highest BCUT2D eigenvalue weighted by molar-refractivity contribution is 5.35. The molecule has 2 N–H and O–H groups in total. The summed E-state index contributed by atoms with van der Waals surface area (Å²) < 4.78 is 25.3. The molecule has 0 radical (unpaired) electrons. The molecular formula is C10H11F2N3. The number of hydrogen-bond donors (Lipinski definition) is 1. The molecule has 3 nitrogen and oxygen atoms in total. The summed E-state index contributed by atoms with van der Waals surface area (Å²) in [5.74, 6) is 0.